The summed E-state index contributed by atoms with van der Waals surface area (Å²) < 4.78 is 27.8. The van der Waals surface area contributed by atoms with E-state index in [-0.39, 0.29) is 27.1 Å². The Morgan fingerprint density at radius 3 is 2.38 bits per heavy atom. The normalized spacial score (nSPS) is 13.6. The van der Waals surface area contributed by atoms with E-state index in [2.05, 4.69) is 5.32 Å². The third-order valence-electron chi connectivity index (χ3n) is 2.40. The van der Waals surface area contributed by atoms with Gasteiger partial charge < -0.3 is 10.1 Å². The van der Waals surface area contributed by atoms with Gasteiger partial charge in [0, 0.05) is 5.54 Å². The van der Waals surface area contributed by atoms with Crippen LogP contribution < -0.4 is 15.2 Å². The van der Waals surface area contributed by atoms with Crippen LogP contribution in [0.4, 0.5) is 0 Å². The van der Waals surface area contributed by atoms with Crippen molar-refractivity contribution in [3.63, 3.8) is 0 Å². The minimum Gasteiger partial charge on any atom is -0.479 e. The molecule has 0 fully saturated rings. The molecule has 0 saturated carbocycles. The van der Waals surface area contributed by atoms with Gasteiger partial charge in [0.2, 0.25) is 10.0 Å². The van der Waals surface area contributed by atoms with Crippen molar-refractivity contribution >= 4 is 27.5 Å². The zero-order valence-corrected chi connectivity index (χ0v) is 13.9. The average Bonchev–Trinajstić information content (AvgIpc) is 2.27. The van der Waals surface area contributed by atoms with Crippen molar-refractivity contribution in [3.05, 3.63) is 23.2 Å². The molecule has 0 aliphatic carbocycles. The van der Waals surface area contributed by atoms with Gasteiger partial charge in [0.05, 0.1) is 9.92 Å². The molecule has 3 N–H and O–H groups in total. The molecule has 118 valence electrons. The van der Waals surface area contributed by atoms with E-state index in [1.165, 1.54) is 18.2 Å². The minimum atomic E-state index is -3.83. The number of sulfonamides is 1. The third kappa shape index (κ3) is 5.53. The van der Waals surface area contributed by atoms with E-state index in [9.17, 15) is 13.2 Å². The van der Waals surface area contributed by atoms with E-state index in [1.807, 2.05) is 20.8 Å². The third-order valence-corrected chi connectivity index (χ3v) is 3.61. The largest absolute Gasteiger partial charge is 0.479 e. The molecule has 1 aromatic carbocycles. The number of benzene rings is 1. The monoisotopic (exact) mass is 334 g/mol. The first-order valence-electron chi connectivity index (χ1n) is 6.21. The number of halogens is 1. The number of primary sulfonamides is 1. The number of carbonyl (C=O) groups is 1. The maximum Gasteiger partial charge on any atom is 0.261 e. The summed E-state index contributed by atoms with van der Waals surface area (Å²) in [7, 11) is -3.83. The number of rotatable bonds is 4. The lowest BCUT2D eigenvalue weighted by Crippen LogP contribution is -2.46. The van der Waals surface area contributed by atoms with Crippen molar-refractivity contribution in [1.82, 2.24) is 5.32 Å². The summed E-state index contributed by atoms with van der Waals surface area (Å²) in [6.07, 6.45) is -0.776. The standard InChI is InChI=1S/C13H19ClN2O4S/c1-8(12(17)16-13(2,3)4)20-11-6-5-9(7-10(11)14)21(15,18)19/h5-8H,1-4H3,(H,16,17)(H2,15,18,19). The van der Waals surface area contributed by atoms with Crippen molar-refractivity contribution in [2.24, 2.45) is 5.14 Å². The van der Waals surface area contributed by atoms with E-state index in [4.69, 9.17) is 21.5 Å². The summed E-state index contributed by atoms with van der Waals surface area (Å²) in [6.45, 7) is 7.13. The van der Waals surface area contributed by atoms with Gasteiger partial charge in [-0.05, 0) is 45.9 Å². The van der Waals surface area contributed by atoms with E-state index < -0.39 is 16.1 Å². The summed E-state index contributed by atoms with van der Waals surface area (Å²) in [4.78, 5) is 11.8. The summed E-state index contributed by atoms with van der Waals surface area (Å²) in [5.74, 6) is -0.0882. The van der Waals surface area contributed by atoms with Crippen molar-refractivity contribution in [2.45, 2.75) is 44.2 Å². The van der Waals surface area contributed by atoms with Gasteiger partial charge in [0.1, 0.15) is 5.75 Å². The Kier molecular flexibility index (Phi) is 5.25. The molecule has 0 saturated heterocycles. The number of carbonyl (C=O) groups excluding carboxylic acids is 1. The molecule has 0 radical (unpaired) electrons. The van der Waals surface area contributed by atoms with E-state index in [0.29, 0.717) is 0 Å². The molecule has 1 aromatic rings. The Morgan fingerprint density at radius 1 is 1.38 bits per heavy atom. The maximum atomic E-state index is 11.9. The highest BCUT2D eigenvalue weighted by Crippen LogP contribution is 2.27. The summed E-state index contributed by atoms with van der Waals surface area (Å²) >= 11 is 5.94. The van der Waals surface area contributed by atoms with Crippen LogP contribution in [-0.2, 0) is 14.8 Å². The first kappa shape index (κ1) is 17.7. The maximum absolute atomic E-state index is 11.9. The molecule has 1 unspecified atom stereocenters. The highest BCUT2D eigenvalue weighted by atomic mass is 35.5. The van der Waals surface area contributed by atoms with Crippen LogP contribution in [0, 0.1) is 0 Å². The highest BCUT2D eigenvalue weighted by Gasteiger charge is 2.21. The molecule has 6 nitrogen and oxygen atoms in total. The molecule has 0 aliphatic heterocycles. The van der Waals surface area contributed by atoms with Gasteiger partial charge in [-0.2, -0.15) is 0 Å². The topological polar surface area (TPSA) is 98.5 Å². The number of nitrogens with two attached hydrogens (primary N) is 1. The van der Waals surface area contributed by atoms with E-state index >= 15 is 0 Å². The molecule has 0 heterocycles. The molecule has 1 amide bonds. The van der Waals surface area contributed by atoms with Gasteiger partial charge in [-0.3, -0.25) is 4.79 Å². The van der Waals surface area contributed by atoms with E-state index in [1.54, 1.807) is 6.92 Å². The van der Waals surface area contributed by atoms with Crippen LogP contribution in [0.5, 0.6) is 5.75 Å². The van der Waals surface area contributed by atoms with Gasteiger partial charge in [0.15, 0.2) is 6.10 Å². The number of nitrogens with one attached hydrogen (secondary N) is 1. The Labute approximate surface area is 129 Å². The molecule has 0 spiro atoms. The highest BCUT2D eigenvalue weighted by molar-refractivity contribution is 7.89. The predicted octanol–water partition coefficient (Wildman–Crippen LogP) is 1.67. The van der Waals surface area contributed by atoms with Crippen molar-refractivity contribution in [3.8, 4) is 5.75 Å². The quantitative estimate of drug-likeness (QED) is 0.874. The minimum absolute atomic E-state index is 0.0666. The zero-order chi connectivity index (χ0) is 16.4. The predicted molar refractivity (Wildman–Crippen MR) is 80.8 cm³/mol. The Balaban J connectivity index is 2.87. The van der Waals surface area contributed by atoms with Crippen LogP contribution in [0.3, 0.4) is 0 Å². The van der Waals surface area contributed by atoms with Crippen LogP contribution in [0.1, 0.15) is 27.7 Å². The van der Waals surface area contributed by atoms with Crippen LogP contribution in [0.25, 0.3) is 0 Å². The van der Waals surface area contributed by atoms with Gasteiger partial charge in [-0.15, -0.1) is 0 Å². The van der Waals surface area contributed by atoms with Crippen LogP contribution >= 0.6 is 11.6 Å². The molecular weight excluding hydrogens is 316 g/mol. The number of amides is 1. The molecule has 1 atom stereocenters. The van der Waals surface area contributed by atoms with Crippen LogP contribution in [0.2, 0.25) is 5.02 Å². The molecule has 0 bridgehead atoms. The zero-order valence-electron chi connectivity index (χ0n) is 12.3. The van der Waals surface area contributed by atoms with Gasteiger partial charge in [0.25, 0.3) is 5.91 Å². The van der Waals surface area contributed by atoms with Crippen LogP contribution in [0.15, 0.2) is 23.1 Å². The number of hydrogen-bond donors (Lipinski definition) is 2. The number of ether oxygens (including phenoxy) is 1. The van der Waals surface area contributed by atoms with Gasteiger partial charge in [-0.1, -0.05) is 11.6 Å². The second-order valence-electron chi connectivity index (χ2n) is 5.64. The van der Waals surface area contributed by atoms with Crippen molar-refractivity contribution < 1.29 is 17.9 Å². The Bertz CT molecular complexity index is 638. The number of hydrogen-bond acceptors (Lipinski definition) is 4. The first-order chi connectivity index (χ1) is 9.40. The second kappa shape index (κ2) is 6.21. The van der Waals surface area contributed by atoms with Crippen LogP contribution in [-0.4, -0.2) is 26.0 Å². The lowest BCUT2D eigenvalue weighted by Gasteiger charge is -2.23. The molecule has 1 rings (SSSR count). The summed E-state index contributed by atoms with van der Waals surface area (Å²) in [5, 5.41) is 7.84. The first-order valence-corrected chi connectivity index (χ1v) is 8.13. The second-order valence-corrected chi connectivity index (χ2v) is 7.61. The summed E-state index contributed by atoms with van der Waals surface area (Å²) in [6, 6.07) is 3.81. The molecule has 21 heavy (non-hydrogen) atoms. The van der Waals surface area contributed by atoms with E-state index in [0.717, 1.165) is 0 Å². The fourth-order valence-corrected chi connectivity index (χ4v) is 2.30. The molecular formula is C13H19ClN2O4S. The molecule has 0 aromatic heterocycles. The lowest BCUT2D eigenvalue weighted by atomic mass is 10.1. The Morgan fingerprint density at radius 2 is 1.95 bits per heavy atom. The summed E-state index contributed by atoms with van der Waals surface area (Å²) in [5.41, 5.74) is -0.379. The fourth-order valence-electron chi connectivity index (χ4n) is 1.47. The van der Waals surface area contributed by atoms with Crippen molar-refractivity contribution in [2.75, 3.05) is 0 Å². The van der Waals surface area contributed by atoms with Gasteiger partial charge in [-0.25, -0.2) is 13.6 Å². The smallest absolute Gasteiger partial charge is 0.261 e. The molecule has 0 aliphatic rings. The average molecular weight is 335 g/mol. The van der Waals surface area contributed by atoms with Crippen molar-refractivity contribution in [1.29, 1.82) is 0 Å². The fraction of sp³-hybridized carbons (Fsp3) is 0.462. The molecule has 8 heteroatoms. The van der Waals surface area contributed by atoms with Gasteiger partial charge >= 0.3 is 0 Å². The SMILES string of the molecule is CC(Oc1ccc(S(N)(=O)=O)cc1Cl)C(=O)NC(C)(C)C. The lowest BCUT2D eigenvalue weighted by molar-refractivity contribution is -0.128. The Hall–Kier alpha value is -1.31.